The molecule has 3 N–H and O–H groups in total. The first kappa shape index (κ1) is 20.9. The fourth-order valence-electron chi connectivity index (χ4n) is 3.04. The van der Waals surface area contributed by atoms with Gasteiger partial charge in [-0.05, 0) is 48.9 Å². The van der Waals surface area contributed by atoms with Gasteiger partial charge in [0.2, 0.25) is 15.9 Å². The van der Waals surface area contributed by atoms with Crippen molar-refractivity contribution in [3.05, 3.63) is 58.6 Å². The molecule has 2 unspecified atom stereocenters. The second kappa shape index (κ2) is 8.71. The van der Waals surface area contributed by atoms with E-state index in [-0.39, 0.29) is 22.9 Å². The van der Waals surface area contributed by atoms with Crippen molar-refractivity contribution in [3.63, 3.8) is 0 Å². The molecule has 0 spiro atoms. The Hall–Kier alpha value is -1.78. The quantitative estimate of drug-likeness (QED) is 0.702. The standard InChI is InChI=1S/C19H22BrN3O4S/c1-13(19(24)22-16-6-8-17(9-7-16)28(21,25)26)23-10-11-27-18(12-23)14-2-4-15(20)5-3-14/h2-9,13,18H,10-12H2,1H3,(H,22,24)(H2,21,25,26). The van der Waals surface area contributed by atoms with E-state index in [1.165, 1.54) is 24.3 Å². The van der Waals surface area contributed by atoms with Crippen molar-refractivity contribution >= 4 is 37.5 Å². The summed E-state index contributed by atoms with van der Waals surface area (Å²) in [5, 5.41) is 7.90. The number of nitrogens with two attached hydrogens (primary N) is 1. The van der Waals surface area contributed by atoms with E-state index >= 15 is 0 Å². The van der Waals surface area contributed by atoms with Gasteiger partial charge in [0.05, 0.1) is 23.6 Å². The molecule has 1 aliphatic heterocycles. The molecule has 1 fully saturated rings. The first-order chi connectivity index (χ1) is 13.2. The topological polar surface area (TPSA) is 102 Å². The number of carbonyl (C=O) groups excluding carboxylic acids is 1. The minimum atomic E-state index is -3.75. The van der Waals surface area contributed by atoms with Gasteiger partial charge in [0.25, 0.3) is 0 Å². The molecule has 2 atom stereocenters. The van der Waals surface area contributed by atoms with Crippen LogP contribution in [0.5, 0.6) is 0 Å². The van der Waals surface area contributed by atoms with Crippen molar-refractivity contribution in [1.82, 2.24) is 4.90 Å². The van der Waals surface area contributed by atoms with Gasteiger partial charge in [0, 0.05) is 23.2 Å². The van der Waals surface area contributed by atoms with Crippen LogP contribution in [0.4, 0.5) is 5.69 Å². The average molecular weight is 468 g/mol. The van der Waals surface area contributed by atoms with Crippen molar-refractivity contribution in [1.29, 1.82) is 0 Å². The molecule has 3 rings (SSSR count). The highest BCUT2D eigenvalue weighted by molar-refractivity contribution is 9.10. The van der Waals surface area contributed by atoms with Crippen LogP contribution in [-0.4, -0.2) is 45.0 Å². The Kier molecular flexibility index (Phi) is 6.51. The molecule has 0 bridgehead atoms. The number of amides is 1. The Balaban J connectivity index is 1.63. The number of rotatable bonds is 5. The molecule has 1 amide bonds. The number of hydrogen-bond donors (Lipinski definition) is 2. The van der Waals surface area contributed by atoms with E-state index in [0.29, 0.717) is 25.4 Å². The maximum Gasteiger partial charge on any atom is 0.241 e. The summed E-state index contributed by atoms with van der Waals surface area (Å²) >= 11 is 3.43. The van der Waals surface area contributed by atoms with Gasteiger partial charge >= 0.3 is 0 Å². The normalized spacial score (nSPS) is 19.2. The summed E-state index contributed by atoms with van der Waals surface area (Å²) in [6, 6.07) is 13.4. The lowest BCUT2D eigenvalue weighted by Gasteiger charge is -2.36. The number of halogens is 1. The predicted molar refractivity (Wildman–Crippen MR) is 110 cm³/mol. The third-order valence-electron chi connectivity index (χ3n) is 4.72. The Labute approximate surface area is 173 Å². The van der Waals surface area contributed by atoms with E-state index in [0.717, 1.165) is 10.0 Å². The molecule has 0 saturated carbocycles. The molecule has 2 aromatic rings. The SMILES string of the molecule is CC(C(=O)Nc1ccc(S(N)(=O)=O)cc1)N1CCOC(c2ccc(Br)cc2)C1. The first-order valence-corrected chi connectivity index (χ1v) is 11.1. The summed E-state index contributed by atoms with van der Waals surface area (Å²) in [5.41, 5.74) is 1.58. The van der Waals surface area contributed by atoms with Gasteiger partial charge in [-0.2, -0.15) is 0 Å². The zero-order valence-corrected chi connectivity index (χ0v) is 17.7. The highest BCUT2D eigenvalue weighted by Gasteiger charge is 2.28. The maximum absolute atomic E-state index is 12.6. The first-order valence-electron chi connectivity index (χ1n) is 8.79. The van der Waals surface area contributed by atoms with Crippen LogP contribution in [0.15, 0.2) is 57.9 Å². The van der Waals surface area contributed by atoms with Gasteiger partial charge in [-0.1, -0.05) is 28.1 Å². The number of ether oxygens (including phenoxy) is 1. The molecule has 0 aliphatic carbocycles. The molecule has 1 heterocycles. The Morgan fingerprint density at radius 1 is 1.21 bits per heavy atom. The van der Waals surface area contributed by atoms with Crippen molar-refractivity contribution < 1.29 is 17.9 Å². The number of anilines is 1. The third-order valence-corrected chi connectivity index (χ3v) is 6.18. The van der Waals surface area contributed by atoms with Gasteiger partial charge in [-0.3, -0.25) is 9.69 Å². The van der Waals surface area contributed by atoms with Gasteiger partial charge in [-0.25, -0.2) is 13.6 Å². The van der Waals surface area contributed by atoms with Crippen molar-refractivity contribution in [2.75, 3.05) is 25.0 Å². The van der Waals surface area contributed by atoms with Crippen LogP contribution < -0.4 is 10.5 Å². The fourth-order valence-corrected chi connectivity index (χ4v) is 3.82. The maximum atomic E-state index is 12.6. The molecular weight excluding hydrogens is 446 g/mol. The van der Waals surface area contributed by atoms with Crippen LogP contribution in [0, 0.1) is 0 Å². The number of carbonyl (C=O) groups is 1. The van der Waals surface area contributed by atoms with Gasteiger partial charge in [-0.15, -0.1) is 0 Å². The number of nitrogens with zero attached hydrogens (tertiary/aromatic N) is 1. The molecule has 0 radical (unpaired) electrons. The summed E-state index contributed by atoms with van der Waals surface area (Å²) in [4.78, 5) is 14.7. The second-order valence-corrected chi connectivity index (χ2v) is 9.12. The van der Waals surface area contributed by atoms with E-state index in [1.807, 2.05) is 31.2 Å². The summed E-state index contributed by atoms with van der Waals surface area (Å²) in [6.07, 6.45) is -0.0915. The van der Waals surface area contributed by atoms with Crippen LogP contribution in [0.1, 0.15) is 18.6 Å². The number of benzene rings is 2. The second-order valence-electron chi connectivity index (χ2n) is 6.64. The third kappa shape index (κ3) is 5.18. The van der Waals surface area contributed by atoms with Gasteiger partial charge < -0.3 is 10.1 Å². The highest BCUT2D eigenvalue weighted by Crippen LogP contribution is 2.25. The monoisotopic (exact) mass is 467 g/mol. The zero-order valence-electron chi connectivity index (χ0n) is 15.3. The Bertz CT molecular complexity index is 933. The number of nitrogens with one attached hydrogen (secondary N) is 1. The van der Waals surface area contributed by atoms with E-state index < -0.39 is 10.0 Å². The zero-order chi connectivity index (χ0) is 20.3. The predicted octanol–water partition coefficient (Wildman–Crippen LogP) is 2.50. The highest BCUT2D eigenvalue weighted by atomic mass is 79.9. The average Bonchev–Trinajstić information content (AvgIpc) is 2.68. The molecule has 9 heteroatoms. The Morgan fingerprint density at radius 2 is 1.86 bits per heavy atom. The lowest BCUT2D eigenvalue weighted by Crippen LogP contribution is -2.48. The Morgan fingerprint density at radius 3 is 2.46 bits per heavy atom. The summed E-state index contributed by atoms with van der Waals surface area (Å²) in [7, 11) is -3.75. The number of sulfonamides is 1. The molecule has 28 heavy (non-hydrogen) atoms. The van der Waals surface area contributed by atoms with Crippen LogP contribution in [0.2, 0.25) is 0 Å². The minimum Gasteiger partial charge on any atom is -0.371 e. The minimum absolute atomic E-state index is 0.00377. The van der Waals surface area contributed by atoms with E-state index in [2.05, 4.69) is 26.1 Å². The summed E-state index contributed by atoms with van der Waals surface area (Å²) in [6.45, 7) is 3.66. The van der Waals surface area contributed by atoms with Gasteiger partial charge in [0.15, 0.2) is 0 Å². The van der Waals surface area contributed by atoms with Crippen LogP contribution >= 0.6 is 15.9 Å². The molecule has 2 aromatic carbocycles. The van der Waals surface area contributed by atoms with Gasteiger partial charge in [0.1, 0.15) is 0 Å². The number of primary sulfonamides is 1. The summed E-state index contributed by atoms with van der Waals surface area (Å²) < 4.78 is 29.5. The molecule has 1 saturated heterocycles. The largest absolute Gasteiger partial charge is 0.371 e. The van der Waals surface area contributed by atoms with Crippen molar-refractivity contribution in [3.8, 4) is 0 Å². The number of morpholine rings is 1. The van der Waals surface area contributed by atoms with Crippen molar-refractivity contribution in [2.24, 2.45) is 5.14 Å². The lowest BCUT2D eigenvalue weighted by atomic mass is 10.1. The number of hydrogen-bond acceptors (Lipinski definition) is 5. The molecule has 7 nitrogen and oxygen atoms in total. The fraction of sp³-hybridized carbons (Fsp3) is 0.316. The van der Waals surface area contributed by atoms with E-state index in [4.69, 9.17) is 9.88 Å². The molecule has 1 aliphatic rings. The lowest BCUT2D eigenvalue weighted by molar-refractivity contribution is -0.124. The van der Waals surface area contributed by atoms with Crippen LogP contribution in [0.25, 0.3) is 0 Å². The molecule has 0 aromatic heterocycles. The molecular formula is C19H22BrN3O4S. The van der Waals surface area contributed by atoms with Crippen LogP contribution in [0.3, 0.4) is 0 Å². The van der Waals surface area contributed by atoms with E-state index in [9.17, 15) is 13.2 Å². The smallest absolute Gasteiger partial charge is 0.241 e. The summed E-state index contributed by atoms with van der Waals surface area (Å²) in [5.74, 6) is -0.167. The molecule has 150 valence electrons. The van der Waals surface area contributed by atoms with Crippen molar-refractivity contribution in [2.45, 2.75) is 24.0 Å². The van der Waals surface area contributed by atoms with Crippen LogP contribution in [-0.2, 0) is 19.6 Å². The van der Waals surface area contributed by atoms with E-state index in [1.54, 1.807) is 0 Å².